The Hall–Kier alpha value is -3.02. The van der Waals surface area contributed by atoms with Gasteiger partial charge in [0.2, 0.25) is 5.91 Å². The number of hydrogen-bond donors (Lipinski definition) is 1. The van der Waals surface area contributed by atoms with Gasteiger partial charge in [-0.3, -0.25) is 9.59 Å². The maximum atomic E-state index is 13.0. The number of nitrogens with one attached hydrogen (secondary N) is 1. The summed E-state index contributed by atoms with van der Waals surface area (Å²) >= 11 is 0. The Morgan fingerprint density at radius 2 is 1.71 bits per heavy atom. The van der Waals surface area contributed by atoms with Crippen molar-refractivity contribution in [2.75, 3.05) is 33.4 Å². The molecule has 0 aromatic heterocycles. The Morgan fingerprint density at radius 3 is 2.39 bits per heavy atom. The van der Waals surface area contributed by atoms with E-state index in [4.69, 9.17) is 9.47 Å². The summed E-state index contributed by atoms with van der Waals surface area (Å²) in [6, 6.07) is 17.2. The molecule has 0 spiro atoms. The van der Waals surface area contributed by atoms with Gasteiger partial charge in [0.1, 0.15) is 11.5 Å². The Labute approximate surface area is 183 Å². The third-order valence-electron chi connectivity index (χ3n) is 6.43. The molecule has 1 aliphatic heterocycles. The lowest BCUT2D eigenvalue weighted by Crippen LogP contribution is -2.44. The molecule has 0 bridgehead atoms. The predicted molar refractivity (Wildman–Crippen MR) is 118 cm³/mol. The van der Waals surface area contributed by atoms with Crippen LogP contribution < -0.4 is 14.8 Å². The highest BCUT2D eigenvalue weighted by atomic mass is 16.5. The molecule has 6 nitrogen and oxygen atoms in total. The van der Waals surface area contributed by atoms with Crippen molar-refractivity contribution in [1.82, 2.24) is 10.2 Å². The molecule has 164 valence electrons. The minimum absolute atomic E-state index is 0.0134. The second kappa shape index (κ2) is 9.41. The molecule has 1 saturated heterocycles. The van der Waals surface area contributed by atoms with Crippen molar-refractivity contribution in [3.8, 4) is 11.5 Å². The number of methoxy groups -OCH3 is 1. The van der Waals surface area contributed by atoms with Gasteiger partial charge in [0.05, 0.1) is 12.5 Å². The first-order valence-electron chi connectivity index (χ1n) is 11.0. The number of carbonyl (C=O) groups excluding carboxylic acids is 2. The zero-order valence-corrected chi connectivity index (χ0v) is 18.0. The molecular formula is C25H30N2O4. The fourth-order valence-electron chi connectivity index (χ4n) is 4.33. The standard InChI is InChI=1S/C25H30N2O4/c1-30-22-10-6-5-9-21(22)25(13-14-25)24(29)26-17-19-11-15-27(16-12-19)23(28)18-31-20-7-3-2-4-8-20/h2-10,19H,11-18H2,1H3,(H,26,29). The number of benzene rings is 2. The highest BCUT2D eigenvalue weighted by Gasteiger charge is 2.52. The number of likely N-dealkylation sites (tertiary alicyclic amines) is 1. The van der Waals surface area contributed by atoms with Crippen LogP contribution in [0, 0.1) is 5.92 Å². The summed E-state index contributed by atoms with van der Waals surface area (Å²) in [4.78, 5) is 27.3. The molecule has 2 fully saturated rings. The van der Waals surface area contributed by atoms with Crippen LogP contribution >= 0.6 is 0 Å². The molecule has 2 amide bonds. The SMILES string of the molecule is COc1ccccc1C1(C(=O)NCC2CCN(C(=O)COc3ccccc3)CC2)CC1. The average molecular weight is 423 g/mol. The molecule has 0 atom stereocenters. The van der Waals surface area contributed by atoms with E-state index in [-0.39, 0.29) is 18.4 Å². The first-order valence-corrected chi connectivity index (χ1v) is 11.0. The summed E-state index contributed by atoms with van der Waals surface area (Å²) in [5, 5.41) is 3.17. The van der Waals surface area contributed by atoms with Crippen LogP contribution in [-0.2, 0) is 15.0 Å². The second-order valence-electron chi connectivity index (χ2n) is 8.42. The molecular weight excluding hydrogens is 392 g/mol. The fourth-order valence-corrected chi connectivity index (χ4v) is 4.33. The van der Waals surface area contributed by atoms with E-state index in [1.807, 2.05) is 59.5 Å². The second-order valence-corrected chi connectivity index (χ2v) is 8.42. The van der Waals surface area contributed by atoms with E-state index in [0.29, 0.717) is 31.3 Å². The number of rotatable bonds is 8. The fraction of sp³-hybridized carbons (Fsp3) is 0.440. The molecule has 1 saturated carbocycles. The summed E-state index contributed by atoms with van der Waals surface area (Å²) in [6.07, 6.45) is 3.49. The Balaban J connectivity index is 1.22. The highest BCUT2D eigenvalue weighted by molar-refractivity contribution is 5.92. The van der Waals surface area contributed by atoms with Gasteiger partial charge in [0.25, 0.3) is 5.91 Å². The number of hydrogen-bond acceptors (Lipinski definition) is 4. The number of amides is 2. The van der Waals surface area contributed by atoms with Crippen LogP contribution in [0.15, 0.2) is 54.6 Å². The summed E-state index contributed by atoms with van der Waals surface area (Å²) in [7, 11) is 1.65. The number of ether oxygens (including phenoxy) is 2. The van der Waals surface area contributed by atoms with E-state index in [9.17, 15) is 9.59 Å². The van der Waals surface area contributed by atoms with Gasteiger partial charge in [-0.2, -0.15) is 0 Å². The number of piperidine rings is 1. The lowest BCUT2D eigenvalue weighted by Gasteiger charge is -2.32. The Bertz CT molecular complexity index is 903. The third kappa shape index (κ3) is 4.84. The minimum atomic E-state index is -0.446. The van der Waals surface area contributed by atoms with Crippen molar-refractivity contribution < 1.29 is 19.1 Å². The predicted octanol–water partition coefficient (Wildman–Crippen LogP) is 3.16. The average Bonchev–Trinajstić information content (AvgIpc) is 3.64. The summed E-state index contributed by atoms with van der Waals surface area (Å²) < 4.78 is 11.0. The molecule has 1 heterocycles. The number of nitrogens with zero attached hydrogens (tertiary/aromatic N) is 1. The largest absolute Gasteiger partial charge is 0.496 e. The van der Waals surface area contributed by atoms with Gasteiger partial charge in [0.15, 0.2) is 6.61 Å². The van der Waals surface area contributed by atoms with Crippen LogP contribution in [0.1, 0.15) is 31.2 Å². The van der Waals surface area contributed by atoms with E-state index in [1.165, 1.54) is 0 Å². The first kappa shape index (κ1) is 21.2. The van der Waals surface area contributed by atoms with E-state index in [2.05, 4.69) is 5.32 Å². The van der Waals surface area contributed by atoms with Crippen molar-refractivity contribution in [1.29, 1.82) is 0 Å². The number of carbonyl (C=O) groups is 2. The monoisotopic (exact) mass is 422 g/mol. The molecule has 1 aliphatic carbocycles. The molecule has 0 radical (unpaired) electrons. The van der Waals surface area contributed by atoms with Gasteiger partial charge in [0, 0.05) is 25.2 Å². The summed E-state index contributed by atoms with van der Waals surface area (Å²) in [6.45, 7) is 2.12. The molecule has 2 aromatic carbocycles. The summed E-state index contributed by atoms with van der Waals surface area (Å²) in [5.41, 5.74) is 0.534. The van der Waals surface area contributed by atoms with Crippen LogP contribution in [0.25, 0.3) is 0 Å². The third-order valence-corrected chi connectivity index (χ3v) is 6.43. The van der Waals surface area contributed by atoms with Crippen molar-refractivity contribution in [3.05, 3.63) is 60.2 Å². The highest BCUT2D eigenvalue weighted by Crippen LogP contribution is 2.51. The number of para-hydroxylation sites is 2. The smallest absolute Gasteiger partial charge is 0.260 e. The molecule has 2 aromatic rings. The van der Waals surface area contributed by atoms with Gasteiger partial charge in [-0.1, -0.05) is 36.4 Å². The van der Waals surface area contributed by atoms with E-state index >= 15 is 0 Å². The molecule has 4 rings (SSSR count). The van der Waals surface area contributed by atoms with Crippen molar-refractivity contribution >= 4 is 11.8 Å². The summed E-state index contributed by atoms with van der Waals surface area (Å²) in [5.74, 6) is 1.97. The first-order chi connectivity index (χ1) is 15.1. The van der Waals surface area contributed by atoms with Crippen molar-refractivity contribution in [2.24, 2.45) is 5.92 Å². The zero-order valence-electron chi connectivity index (χ0n) is 18.0. The minimum Gasteiger partial charge on any atom is -0.496 e. The maximum absolute atomic E-state index is 13.0. The van der Waals surface area contributed by atoms with E-state index in [1.54, 1.807) is 7.11 Å². The zero-order chi connectivity index (χ0) is 21.7. The van der Waals surface area contributed by atoms with Crippen LogP contribution in [0.2, 0.25) is 0 Å². The van der Waals surface area contributed by atoms with Gasteiger partial charge in [-0.05, 0) is 49.8 Å². The van der Waals surface area contributed by atoms with Gasteiger partial charge < -0.3 is 19.7 Å². The molecule has 1 N–H and O–H groups in total. The van der Waals surface area contributed by atoms with Crippen LogP contribution in [0.4, 0.5) is 0 Å². The van der Waals surface area contributed by atoms with Gasteiger partial charge >= 0.3 is 0 Å². The Kier molecular flexibility index (Phi) is 6.44. The normalized spacial score (nSPS) is 17.6. The van der Waals surface area contributed by atoms with Crippen LogP contribution in [0.3, 0.4) is 0 Å². The van der Waals surface area contributed by atoms with E-state index in [0.717, 1.165) is 37.0 Å². The van der Waals surface area contributed by atoms with Crippen molar-refractivity contribution in [2.45, 2.75) is 31.1 Å². The van der Waals surface area contributed by atoms with Crippen molar-refractivity contribution in [3.63, 3.8) is 0 Å². The van der Waals surface area contributed by atoms with Crippen LogP contribution in [-0.4, -0.2) is 50.1 Å². The van der Waals surface area contributed by atoms with Crippen LogP contribution in [0.5, 0.6) is 11.5 Å². The Morgan fingerprint density at radius 1 is 1.03 bits per heavy atom. The maximum Gasteiger partial charge on any atom is 0.260 e. The molecule has 0 unspecified atom stereocenters. The lowest BCUT2D eigenvalue weighted by atomic mass is 9.92. The quantitative estimate of drug-likeness (QED) is 0.710. The van der Waals surface area contributed by atoms with Gasteiger partial charge in [-0.25, -0.2) is 0 Å². The van der Waals surface area contributed by atoms with E-state index < -0.39 is 5.41 Å². The topological polar surface area (TPSA) is 67.9 Å². The molecule has 2 aliphatic rings. The lowest BCUT2D eigenvalue weighted by molar-refractivity contribution is -0.135. The molecule has 6 heteroatoms. The molecule has 31 heavy (non-hydrogen) atoms. The van der Waals surface area contributed by atoms with Gasteiger partial charge in [-0.15, -0.1) is 0 Å².